The molecule has 0 unspecified atom stereocenters. The first-order chi connectivity index (χ1) is 3.72. The van der Waals surface area contributed by atoms with Crippen molar-refractivity contribution < 1.29 is 9.90 Å². The van der Waals surface area contributed by atoms with E-state index < -0.39 is 5.78 Å². The first-order valence-corrected chi connectivity index (χ1v) is 1.95. The van der Waals surface area contributed by atoms with Gasteiger partial charge in [0.1, 0.15) is 6.26 Å². The van der Waals surface area contributed by atoms with Gasteiger partial charge < -0.3 is 5.11 Å². The van der Waals surface area contributed by atoms with Crippen LogP contribution in [0.25, 0.3) is 0 Å². The van der Waals surface area contributed by atoms with Gasteiger partial charge in [-0.15, -0.1) is 0 Å². The van der Waals surface area contributed by atoms with E-state index in [-0.39, 0.29) is 5.70 Å². The first kappa shape index (κ1) is 6.81. The topological polar surface area (TPSA) is 73.5 Å². The van der Waals surface area contributed by atoms with Crippen LogP contribution >= 0.6 is 0 Å². The molecular weight excluding hydrogens is 108 g/mol. The summed E-state index contributed by atoms with van der Waals surface area (Å²) in [7, 11) is 0. The smallest absolute Gasteiger partial charge is 0.183 e. The molecule has 0 aromatic heterocycles. The fourth-order valence-corrected chi connectivity index (χ4v) is 0.198. The molecule has 44 valence electrons. The molecule has 0 atom stereocenters. The van der Waals surface area contributed by atoms with Gasteiger partial charge in [0.2, 0.25) is 0 Å². The maximum absolute atomic E-state index is 10.2. The summed E-state index contributed by atoms with van der Waals surface area (Å²) in [5.41, 5.74) is 6.03. The number of nitrogens with one attached hydrogen (secondary N) is 1. The number of carbonyl (C=O) groups excluding carboxylic acids is 1. The summed E-state index contributed by atoms with van der Waals surface area (Å²) in [5.74, 6) is -0.414. The van der Waals surface area contributed by atoms with Crippen molar-refractivity contribution in [1.29, 1.82) is 5.53 Å². The molecule has 0 amide bonds. The van der Waals surface area contributed by atoms with Gasteiger partial charge >= 0.3 is 0 Å². The third kappa shape index (κ3) is 1.51. The Balaban J connectivity index is 4.13. The molecule has 0 aromatic rings. The van der Waals surface area contributed by atoms with Gasteiger partial charge in [-0.1, -0.05) is 0 Å². The summed E-state index contributed by atoms with van der Waals surface area (Å²) >= 11 is 0. The van der Waals surface area contributed by atoms with Gasteiger partial charge in [-0.05, 0) is 0 Å². The lowest BCUT2D eigenvalue weighted by molar-refractivity contribution is -0.113. The summed E-state index contributed by atoms with van der Waals surface area (Å²) in [6.07, 6.45) is 0.509. The number of hydrogen-bond donors (Lipinski definition) is 2. The average Bonchev–Trinajstić information content (AvgIpc) is 1.69. The van der Waals surface area contributed by atoms with Crippen LogP contribution in [-0.4, -0.2) is 10.9 Å². The number of aliphatic hydroxyl groups is 1. The molecule has 0 aliphatic rings. The quantitative estimate of drug-likeness (QED) is 0.319. The van der Waals surface area contributed by atoms with Gasteiger partial charge in [-0.3, -0.25) is 4.79 Å². The molecule has 0 radical (unpaired) electrons. The molecule has 4 nitrogen and oxygen atoms in total. The molecule has 0 fully saturated rings. The molecule has 0 rings (SSSR count). The normalized spacial score (nSPS) is 10.9. The standard InChI is InChI=1S/C4H6N2O2/c1-3(8)4(2-7)6-5/h2,5,7H,1H3/b4-2+,6-5?. The van der Waals surface area contributed by atoms with E-state index in [1.165, 1.54) is 6.92 Å². The van der Waals surface area contributed by atoms with Crippen molar-refractivity contribution in [1.82, 2.24) is 0 Å². The van der Waals surface area contributed by atoms with Gasteiger partial charge in [0, 0.05) is 6.92 Å². The first-order valence-electron chi connectivity index (χ1n) is 1.95. The number of aliphatic hydroxyl groups excluding tert-OH is 1. The average molecular weight is 114 g/mol. The van der Waals surface area contributed by atoms with Crippen LogP contribution in [0.4, 0.5) is 0 Å². The maximum Gasteiger partial charge on any atom is 0.183 e. The number of rotatable bonds is 2. The molecule has 0 aliphatic carbocycles. The number of carbonyl (C=O) groups is 1. The minimum absolute atomic E-state index is 0.231. The van der Waals surface area contributed by atoms with Crippen LogP contribution in [0, 0.1) is 5.53 Å². The second-order valence-electron chi connectivity index (χ2n) is 1.18. The minimum Gasteiger partial charge on any atom is -0.513 e. The van der Waals surface area contributed by atoms with Crippen molar-refractivity contribution in [2.75, 3.05) is 0 Å². The molecule has 2 N–H and O–H groups in total. The van der Waals surface area contributed by atoms with Crippen molar-refractivity contribution >= 4 is 5.78 Å². The van der Waals surface area contributed by atoms with Crippen molar-refractivity contribution in [3.63, 3.8) is 0 Å². The van der Waals surface area contributed by atoms with Crippen LogP contribution in [-0.2, 0) is 4.79 Å². The zero-order valence-electron chi connectivity index (χ0n) is 4.38. The van der Waals surface area contributed by atoms with Crippen LogP contribution in [0.2, 0.25) is 0 Å². The van der Waals surface area contributed by atoms with Crippen LogP contribution in [0.15, 0.2) is 17.1 Å². The second kappa shape index (κ2) is 2.90. The van der Waals surface area contributed by atoms with Gasteiger partial charge in [0.05, 0.1) is 0 Å². The predicted molar refractivity (Wildman–Crippen MR) is 26.5 cm³/mol. The summed E-state index contributed by atoms with van der Waals surface area (Å²) in [6.45, 7) is 1.22. The van der Waals surface area contributed by atoms with Crippen molar-refractivity contribution in [3.05, 3.63) is 12.0 Å². The number of hydrogen-bond acceptors (Lipinski definition) is 4. The lowest BCUT2D eigenvalue weighted by atomic mass is 10.4. The third-order valence-corrected chi connectivity index (χ3v) is 0.603. The Kier molecular flexibility index (Phi) is 2.47. The van der Waals surface area contributed by atoms with E-state index in [1.807, 2.05) is 0 Å². The van der Waals surface area contributed by atoms with Gasteiger partial charge in [-0.2, -0.15) is 5.11 Å². The Bertz CT molecular complexity index is 139. The van der Waals surface area contributed by atoms with E-state index in [9.17, 15) is 4.79 Å². The summed E-state index contributed by atoms with van der Waals surface area (Å²) in [5, 5.41) is 10.8. The molecule has 0 spiro atoms. The van der Waals surface area contributed by atoms with Crippen LogP contribution in [0.1, 0.15) is 6.92 Å². The van der Waals surface area contributed by atoms with E-state index in [1.54, 1.807) is 0 Å². The Morgan fingerprint density at radius 1 is 1.88 bits per heavy atom. The number of ketones is 1. The van der Waals surface area contributed by atoms with Crippen LogP contribution in [0.5, 0.6) is 0 Å². The number of Topliss-reactive ketones (excluding diaryl/α,β-unsaturated/α-hetero) is 1. The van der Waals surface area contributed by atoms with Crippen molar-refractivity contribution in [3.8, 4) is 0 Å². The molecule has 0 saturated heterocycles. The van der Waals surface area contributed by atoms with E-state index >= 15 is 0 Å². The number of allylic oxidation sites excluding steroid dienone is 1. The van der Waals surface area contributed by atoms with Gasteiger partial charge in [0.15, 0.2) is 11.5 Å². The Morgan fingerprint density at radius 2 is 2.38 bits per heavy atom. The zero-order valence-corrected chi connectivity index (χ0v) is 4.38. The Labute approximate surface area is 46.3 Å². The molecular formula is C4H6N2O2. The summed E-state index contributed by atoms with van der Waals surface area (Å²) < 4.78 is 0. The largest absolute Gasteiger partial charge is 0.513 e. The highest BCUT2D eigenvalue weighted by Crippen LogP contribution is 1.93. The highest BCUT2D eigenvalue weighted by atomic mass is 16.2. The lowest BCUT2D eigenvalue weighted by Gasteiger charge is -1.84. The zero-order chi connectivity index (χ0) is 6.57. The molecule has 0 aliphatic heterocycles. The van der Waals surface area contributed by atoms with Crippen molar-refractivity contribution in [2.24, 2.45) is 5.11 Å². The van der Waals surface area contributed by atoms with E-state index in [0.717, 1.165) is 0 Å². The third-order valence-electron chi connectivity index (χ3n) is 0.603. The Morgan fingerprint density at radius 3 is 2.38 bits per heavy atom. The van der Waals surface area contributed by atoms with Crippen LogP contribution < -0.4 is 0 Å². The number of nitrogens with zero attached hydrogens (tertiary/aromatic N) is 1. The van der Waals surface area contributed by atoms with Gasteiger partial charge in [-0.25, -0.2) is 5.53 Å². The maximum atomic E-state index is 10.2. The van der Waals surface area contributed by atoms with E-state index in [4.69, 9.17) is 10.6 Å². The van der Waals surface area contributed by atoms with Crippen molar-refractivity contribution in [2.45, 2.75) is 6.92 Å². The fraction of sp³-hybridized carbons (Fsp3) is 0.250. The molecule has 0 bridgehead atoms. The highest BCUT2D eigenvalue weighted by Gasteiger charge is 1.98. The second-order valence-corrected chi connectivity index (χ2v) is 1.18. The lowest BCUT2D eigenvalue weighted by Crippen LogP contribution is -1.90. The Hall–Kier alpha value is -1.19. The van der Waals surface area contributed by atoms with Gasteiger partial charge in [0.25, 0.3) is 0 Å². The molecule has 0 saturated carbocycles. The molecule has 0 aromatic carbocycles. The van der Waals surface area contributed by atoms with E-state index in [0.29, 0.717) is 6.26 Å². The fourth-order valence-electron chi connectivity index (χ4n) is 0.198. The minimum atomic E-state index is -0.414. The molecule has 8 heavy (non-hydrogen) atoms. The SMILES string of the molecule is CC(=O)/C(=C\O)N=N. The molecule has 0 heterocycles. The van der Waals surface area contributed by atoms with E-state index in [2.05, 4.69) is 5.11 Å². The predicted octanol–water partition coefficient (Wildman–Crippen LogP) is 1.01. The highest BCUT2D eigenvalue weighted by molar-refractivity contribution is 5.92. The summed E-state index contributed by atoms with van der Waals surface area (Å²) in [6, 6.07) is 0. The summed E-state index contributed by atoms with van der Waals surface area (Å²) in [4.78, 5) is 10.2. The van der Waals surface area contributed by atoms with Crippen LogP contribution in [0.3, 0.4) is 0 Å². The monoisotopic (exact) mass is 114 g/mol. The molecule has 4 heteroatoms.